The van der Waals surface area contributed by atoms with Gasteiger partial charge in [-0.1, -0.05) is 24.3 Å². The van der Waals surface area contributed by atoms with E-state index in [1.807, 2.05) is 22.6 Å². The maximum atomic E-state index is 13.8. The topological polar surface area (TPSA) is 121 Å². The van der Waals surface area contributed by atoms with Gasteiger partial charge in [-0.15, -0.1) is 0 Å². The van der Waals surface area contributed by atoms with Crippen LogP contribution in [0.3, 0.4) is 0 Å². The summed E-state index contributed by atoms with van der Waals surface area (Å²) in [5.74, 6) is -1.59. The zero-order valence-corrected chi connectivity index (χ0v) is 23.3. The fraction of sp³-hybridized carbons (Fsp3) is 0.333. The fourth-order valence-electron chi connectivity index (χ4n) is 4.44. The van der Waals surface area contributed by atoms with E-state index in [-0.39, 0.29) is 30.1 Å². The van der Waals surface area contributed by atoms with E-state index in [1.54, 1.807) is 42.5 Å². The Morgan fingerprint density at radius 1 is 1.18 bits per heavy atom. The van der Waals surface area contributed by atoms with Crippen molar-refractivity contribution in [1.82, 2.24) is 10.2 Å². The van der Waals surface area contributed by atoms with Crippen LogP contribution in [-0.4, -0.2) is 78.2 Å². The molecule has 0 spiro atoms. The lowest BCUT2D eigenvalue weighted by Gasteiger charge is -2.40. The molecule has 0 aliphatic heterocycles. The summed E-state index contributed by atoms with van der Waals surface area (Å²) in [4.78, 5) is 26.9. The van der Waals surface area contributed by atoms with Gasteiger partial charge in [-0.2, -0.15) is 13.2 Å². The van der Waals surface area contributed by atoms with Gasteiger partial charge in [0.2, 0.25) is 5.91 Å². The van der Waals surface area contributed by atoms with Crippen molar-refractivity contribution >= 4 is 45.4 Å². The van der Waals surface area contributed by atoms with Gasteiger partial charge < -0.3 is 34.3 Å². The summed E-state index contributed by atoms with van der Waals surface area (Å²) < 4.78 is 58.9. The summed E-state index contributed by atoms with van der Waals surface area (Å²) in [7, 11) is 1.39. The van der Waals surface area contributed by atoms with Gasteiger partial charge in [0.15, 0.2) is 17.1 Å². The second-order valence-corrected chi connectivity index (χ2v) is 10.1. The largest absolute Gasteiger partial charge is 0.493 e. The number of furan rings is 1. The number of carbonyl (C=O) groups is 2. The zero-order valence-electron chi connectivity index (χ0n) is 21.2. The number of ether oxygens (including phenoxy) is 2. The lowest BCUT2D eigenvalue weighted by Crippen LogP contribution is -2.57. The number of aliphatic hydroxyl groups excluding tert-OH is 2. The van der Waals surface area contributed by atoms with E-state index in [0.717, 1.165) is 0 Å². The Balaban J connectivity index is 1.74. The molecule has 1 aliphatic rings. The van der Waals surface area contributed by atoms with Crippen LogP contribution in [0.4, 0.5) is 13.2 Å². The lowest BCUT2D eigenvalue weighted by molar-refractivity contribution is -0.151. The second kappa shape index (κ2) is 12.5. The van der Waals surface area contributed by atoms with E-state index < -0.39 is 55.0 Å². The number of para-hydroxylation sites is 2. The third kappa shape index (κ3) is 6.70. The van der Waals surface area contributed by atoms with Crippen molar-refractivity contribution in [3.8, 4) is 11.5 Å². The van der Waals surface area contributed by atoms with E-state index in [2.05, 4.69) is 5.32 Å². The average molecular weight is 674 g/mol. The summed E-state index contributed by atoms with van der Waals surface area (Å²) >= 11 is 2.00. The first-order chi connectivity index (χ1) is 19.0. The summed E-state index contributed by atoms with van der Waals surface area (Å²) in [5, 5.41) is 23.3. The Kier molecular flexibility index (Phi) is 9.26. The van der Waals surface area contributed by atoms with Crippen LogP contribution in [0.1, 0.15) is 17.0 Å². The van der Waals surface area contributed by atoms with E-state index >= 15 is 0 Å². The number of rotatable bonds is 9. The summed E-state index contributed by atoms with van der Waals surface area (Å²) in [6.45, 7) is -2.18. The Morgan fingerprint density at radius 3 is 2.58 bits per heavy atom. The molecule has 0 saturated heterocycles. The van der Waals surface area contributed by atoms with Gasteiger partial charge in [0.25, 0.3) is 5.91 Å². The minimum atomic E-state index is -4.84. The first-order valence-corrected chi connectivity index (χ1v) is 13.2. The van der Waals surface area contributed by atoms with Gasteiger partial charge in [-0.05, 0) is 52.9 Å². The number of alkyl halides is 3. The number of carbonyl (C=O) groups excluding carboxylic acids is 2. The van der Waals surface area contributed by atoms with Crippen LogP contribution in [0.2, 0.25) is 0 Å². The molecule has 3 aromatic rings. The van der Waals surface area contributed by atoms with E-state index in [4.69, 9.17) is 19.0 Å². The fourth-order valence-corrected chi connectivity index (χ4v) is 4.96. The molecule has 2 amide bonds. The number of amides is 2. The van der Waals surface area contributed by atoms with Gasteiger partial charge in [0.05, 0.1) is 23.3 Å². The molecule has 0 saturated carbocycles. The van der Waals surface area contributed by atoms with Gasteiger partial charge >= 0.3 is 6.18 Å². The summed E-state index contributed by atoms with van der Waals surface area (Å²) in [6, 6.07) is 11.4. The first-order valence-electron chi connectivity index (χ1n) is 12.2. The number of aliphatic hydroxyl groups is 2. The van der Waals surface area contributed by atoms with Crippen molar-refractivity contribution in [2.24, 2.45) is 0 Å². The highest BCUT2D eigenvalue weighted by molar-refractivity contribution is 14.1. The molecule has 9 nitrogen and oxygen atoms in total. The van der Waals surface area contributed by atoms with E-state index in [0.29, 0.717) is 19.6 Å². The minimum Gasteiger partial charge on any atom is -0.493 e. The second-order valence-electron chi connectivity index (χ2n) is 8.98. The molecule has 3 atom stereocenters. The maximum absolute atomic E-state index is 13.8. The lowest BCUT2D eigenvalue weighted by atomic mass is 9.88. The molecular formula is C27H26F3IN2O7. The molecule has 0 bridgehead atoms. The molecule has 0 radical (unpaired) electrons. The van der Waals surface area contributed by atoms with Crippen LogP contribution in [0, 0.1) is 3.57 Å². The number of hydrogen-bond acceptors (Lipinski definition) is 7. The number of halogens is 4. The van der Waals surface area contributed by atoms with Crippen molar-refractivity contribution in [3.63, 3.8) is 0 Å². The van der Waals surface area contributed by atoms with E-state index in [9.17, 15) is 27.9 Å². The summed E-state index contributed by atoms with van der Waals surface area (Å²) in [6.07, 6.45) is -6.85. The van der Waals surface area contributed by atoms with Crippen molar-refractivity contribution < 1.29 is 46.9 Å². The molecule has 214 valence electrons. The normalized spacial score (nSPS) is 19.2. The number of methoxy groups -OCH3 is 1. The molecule has 13 heteroatoms. The highest BCUT2D eigenvalue weighted by atomic mass is 127. The highest BCUT2D eigenvalue weighted by Crippen LogP contribution is 2.34. The Labute approximate surface area is 240 Å². The molecule has 1 aliphatic carbocycles. The van der Waals surface area contributed by atoms with Crippen LogP contribution in [0.25, 0.3) is 11.0 Å². The number of nitrogens with zero attached hydrogens (tertiary/aromatic N) is 1. The molecule has 3 unspecified atom stereocenters. The van der Waals surface area contributed by atoms with Gasteiger partial charge in [-0.25, -0.2) is 0 Å². The maximum Gasteiger partial charge on any atom is 0.406 e. The average Bonchev–Trinajstić information content (AvgIpc) is 3.36. The van der Waals surface area contributed by atoms with Gasteiger partial charge in [0, 0.05) is 23.9 Å². The smallest absolute Gasteiger partial charge is 0.406 e. The molecular weight excluding hydrogens is 648 g/mol. The SMILES string of the molecule is COc1cccc2cc(C(=O)N(CC(F)(F)F)C3CC(C(=O)NCCO)=CC(Oc4ccccc4I)C3O)oc12. The Bertz CT molecular complexity index is 1410. The molecule has 1 heterocycles. The number of hydrogen-bond donors (Lipinski definition) is 3. The Morgan fingerprint density at radius 2 is 1.90 bits per heavy atom. The Hall–Kier alpha value is -3.30. The molecule has 3 N–H and O–H groups in total. The molecule has 2 aromatic carbocycles. The predicted octanol–water partition coefficient (Wildman–Crippen LogP) is 3.67. The third-order valence-corrected chi connectivity index (χ3v) is 7.15. The van der Waals surface area contributed by atoms with Crippen molar-refractivity contribution in [2.45, 2.75) is 30.8 Å². The zero-order chi connectivity index (χ0) is 29.0. The van der Waals surface area contributed by atoms with Gasteiger partial charge in [-0.3, -0.25) is 9.59 Å². The predicted molar refractivity (Wildman–Crippen MR) is 146 cm³/mol. The molecule has 1 aromatic heterocycles. The number of nitrogens with one attached hydrogen (secondary N) is 1. The van der Waals surface area contributed by atoms with Crippen molar-refractivity contribution in [3.05, 3.63) is 69.5 Å². The van der Waals surface area contributed by atoms with Crippen LogP contribution in [-0.2, 0) is 4.79 Å². The van der Waals surface area contributed by atoms with Crippen LogP contribution in [0.15, 0.2) is 64.6 Å². The van der Waals surface area contributed by atoms with Crippen LogP contribution < -0.4 is 14.8 Å². The van der Waals surface area contributed by atoms with Crippen molar-refractivity contribution in [2.75, 3.05) is 26.8 Å². The monoisotopic (exact) mass is 674 g/mol. The van der Waals surface area contributed by atoms with Gasteiger partial charge in [0.1, 0.15) is 24.5 Å². The first kappa shape index (κ1) is 29.7. The van der Waals surface area contributed by atoms with Crippen LogP contribution >= 0.6 is 22.6 Å². The van der Waals surface area contributed by atoms with Crippen molar-refractivity contribution in [1.29, 1.82) is 0 Å². The standard InChI is InChI=1S/C27H26F3IN2O7/c1-38-20-8-4-5-15-12-22(40-24(15)20)26(37)33(14-27(28,29)30)18-11-16(25(36)32-9-10-34)13-21(23(18)35)39-19-7-3-2-6-17(19)31/h2-8,12-13,18,21,23,34-35H,9-11,14H2,1H3,(H,32,36). The quantitative estimate of drug-likeness (QED) is 0.297. The number of fused-ring (bicyclic) bond motifs is 1. The highest BCUT2D eigenvalue weighted by Gasteiger charge is 2.45. The van der Waals surface area contributed by atoms with E-state index in [1.165, 1.54) is 19.3 Å². The molecule has 4 rings (SSSR count). The summed E-state index contributed by atoms with van der Waals surface area (Å²) in [5.41, 5.74) is 0.166. The minimum absolute atomic E-state index is 0.00839. The molecule has 0 fully saturated rings. The molecule has 40 heavy (non-hydrogen) atoms. The third-order valence-electron chi connectivity index (χ3n) is 6.26. The number of benzene rings is 2. The van der Waals surface area contributed by atoms with Crippen LogP contribution in [0.5, 0.6) is 11.5 Å².